The van der Waals surface area contributed by atoms with Crippen molar-refractivity contribution in [3.8, 4) is 0 Å². The van der Waals surface area contributed by atoms with Crippen LogP contribution in [-0.2, 0) is 22.4 Å². The number of fused-ring (bicyclic) bond motifs is 1. The highest BCUT2D eigenvalue weighted by Crippen LogP contribution is 2.13. The highest BCUT2D eigenvalue weighted by Gasteiger charge is 2.12. The molecule has 0 bridgehead atoms. The highest BCUT2D eigenvalue weighted by molar-refractivity contribution is 5.47. The molecule has 0 N–H and O–H groups in total. The molecule has 0 aliphatic carbocycles. The van der Waals surface area contributed by atoms with Crippen molar-refractivity contribution in [2.75, 3.05) is 20.2 Å². The van der Waals surface area contributed by atoms with Gasteiger partial charge in [-0.15, -0.1) is 0 Å². The van der Waals surface area contributed by atoms with Crippen molar-refractivity contribution in [3.05, 3.63) is 29.1 Å². The first-order valence-corrected chi connectivity index (χ1v) is 7.05. The molecule has 1 aliphatic heterocycles. The quantitative estimate of drug-likeness (QED) is 0.741. The minimum absolute atomic E-state index is 0.0417. The van der Waals surface area contributed by atoms with E-state index in [0.717, 1.165) is 43.7 Å². The van der Waals surface area contributed by atoms with Gasteiger partial charge in [-0.2, -0.15) is 0 Å². The number of hydrogen-bond donors (Lipinski definition) is 0. The molecule has 2 heterocycles. The third-order valence-corrected chi connectivity index (χ3v) is 3.27. The number of methoxy groups -OCH3 is 1. The number of amides is 1. The van der Waals surface area contributed by atoms with Gasteiger partial charge in [-0.3, -0.25) is 9.78 Å². The van der Waals surface area contributed by atoms with Gasteiger partial charge in [0.05, 0.1) is 5.60 Å². The number of aromatic nitrogens is 1. The SMILES string of the molecule is COC(C)(C)C.Cc1ccc2c(n1)CCN(C=O)CC2. The molecule has 20 heavy (non-hydrogen) atoms. The van der Waals surface area contributed by atoms with Gasteiger partial charge >= 0.3 is 0 Å². The molecule has 0 unspecified atom stereocenters. The Kier molecular flexibility index (Phi) is 6.14. The van der Waals surface area contributed by atoms with E-state index in [9.17, 15) is 4.79 Å². The van der Waals surface area contributed by atoms with E-state index in [1.807, 2.05) is 38.7 Å². The van der Waals surface area contributed by atoms with Gasteiger partial charge in [0.1, 0.15) is 0 Å². The lowest BCUT2D eigenvalue weighted by atomic mass is 10.1. The van der Waals surface area contributed by atoms with Crippen LogP contribution in [0.3, 0.4) is 0 Å². The molecule has 2 rings (SSSR count). The standard InChI is InChI=1S/C11H14N2O.C5H12O/c1-9-2-3-10-4-6-13(8-14)7-5-11(10)12-9;1-5(2,3)6-4/h2-3,8H,4-7H2,1H3;1-4H3. The molecule has 0 spiro atoms. The fourth-order valence-corrected chi connectivity index (χ4v) is 1.81. The number of hydrogen-bond acceptors (Lipinski definition) is 3. The predicted octanol–water partition coefficient (Wildman–Crippen LogP) is 2.38. The van der Waals surface area contributed by atoms with E-state index in [1.165, 1.54) is 5.56 Å². The number of carbonyl (C=O) groups excluding carboxylic acids is 1. The molecule has 1 aliphatic rings. The highest BCUT2D eigenvalue weighted by atomic mass is 16.5. The van der Waals surface area contributed by atoms with Crippen molar-refractivity contribution in [1.29, 1.82) is 0 Å². The van der Waals surface area contributed by atoms with Gasteiger partial charge in [0.25, 0.3) is 0 Å². The molecule has 0 aromatic carbocycles. The lowest BCUT2D eigenvalue weighted by Crippen LogP contribution is -2.24. The van der Waals surface area contributed by atoms with Crippen LogP contribution >= 0.6 is 0 Å². The summed E-state index contributed by atoms with van der Waals surface area (Å²) in [7, 11) is 1.71. The van der Waals surface area contributed by atoms with Crippen molar-refractivity contribution in [1.82, 2.24) is 9.88 Å². The second kappa shape index (κ2) is 7.39. The van der Waals surface area contributed by atoms with Crippen molar-refractivity contribution >= 4 is 6.41 Å². The van der Waals surface area contributed by atoms with Crippen molar-refractivity contribution in [2.24, 2.45) is 0 Å². The van der Waals surface area contributed by atoms with Crippen LogP contribution in [0.1, 0.15) is 37.7 Å². The lowest BCUT2D eigenvalue weighted by Gasteiger charge is -2.14. The number of ether oxygens (including phenoxy) is 1. The van der Waals surface area contributed by atoms with Crippen LogP contribution in [0.4, 0.5) is 0 Å². The van der Waals surface area contributed by atoms with Gasteiger partial charge in [-0.05, 0) is 45.7 Å². The predicted molar refractivity (Wildman–Crippen MR) is 80.8 cm³/mol. The average molecular weight is 278 g/mol. The van der Waals surface area contributed by atoms with Crippen LogP contribution in [-0.4, -0.2) is 42.1 Å². The van der Waals surface area contributed by atoms with Gasteiger partial charge in [0.2, 0.25) is 6.41 Å². The maximum Gasteiger partial charge on any atom is 0.209 e. The van der Waals surface area contributed by atoms with E-state index in [2.05, 4.69) is 11.1 Å². The zero-order chi connectivity index (χ0) is 15.2. The van der Waals surface area contributed by atoms with Crippen LogP contribution in [0.15, 0.2) is 12.1 Å². The van der Waals surface area contributed by atoms with Crippen LogP contribution in [0.5, 0.6) is 0 Å². The summed E-state index contributed by atoms with van der Waals surface area (Å²) in [5.74, 6) is 0. The summed E-state index contributed by atoms with van der Waals surface area (Å²) in [5.41, 5.74) is 3.55. The average Bonchev–Trinajstić information content (AvgIpc) is 2.60. The first-order valence-electron chi connectivity index (χ1n) is 7.05. The van der Waals surface area contributed by atoms with E-state index in [0.29, 0.717) is 0 Å². The summed E-state index contributed by atoms with van der Waals surface area (Å²) in [4.78, 5) is 17.0. The molecule has 0 saturated carbocycles. The summed E-state index contributed by atoms with van der Waals surface area (Å²) in [6, 6.07) is 4.17. The molecule has 112 valence electrons. The Morgan fingerprint density at radius 1 is 1.25 bits per heavy atom. The summed E-state index contributed by atoms with van der Waals surface area (Å²) < 4.78 is 4.94. The molecule has 1 aromatic rings. The zero-order valence-corrected chi connectivity index (χ0v) is 13.3. The van der Waals surface area contributed by atoms with Gasteiger partial charge in [0, 0.05) is 38.0 Å². The van der Waals surface area contributed by atoms with Crippen molar-refractivity contribution in [3.63, 3.8) is 0 Å². The third-order valence-electron chi connectivity index (χ3n) is 3.27. The second-order valence-electron chi connectivity index (χ2n) is 6.02. The van der Waals surface area contributed by atoms with Crippen LogP contribution in [0.2, 0.25) is 0 Å². The molecule has 0 radical (unpaired) electrons. The first kappa shape index (κ1) is 16.6. The van der Waals surface area contributed by atoms with Crippen molar-refractivity contribution < 1.29 is 9.53 Å². The number of nitrogens with zero attached hydrogens (tertiary/aromatic N) is 2. The monoisotopic (exact) mass is 278 g/mol. The largest absolute Gasteiger partial charge is 0.379 e. The first-order chi connectivity index (χ1) is 9.35. The van der Waals surface area contributed by atoms with E-state index >= 15 is 0 Å². The Bertz CT molecular complexity index is 439. The van der Waals surface area contributed by atoms with E-state index in [1.54, 1.807) is 7.11 Å². The molecular weight excluding hydrogens is 252 g/mol. The zero-order valence-electron chi connectivity index (χ0n) is 13.3. The summed E-state index contributed by atoms with van der Waals surface area (Å²) in [5, 5.41) is 0. The minimum atomic E-state index is 0.0417. The Labute approximate surface area is 122 Å². The molecule has 4 heteroatoms. The topological polar surface area (TPSA) is 42.4 Å². The fourth-order valence-electron chi connectivity index (χ4n) is 1.81. The number of aryl methyl sites for hydroxylation is 1. The van der Waals surface area contributed by atoms with Crippen molar-refractivity contribution in [2.45, 2.75) is 46.1 Å². The van der Waals surface area contributed by atoms with Gasteiger partial charge in [0.15, 0.2) is 0 Å². The molecule has 0 saturated heterocycles. The summed E-state index contributed by atoms with van der Waals surface area (Å²) in [6.07, 6.45) is 2.75. The van der Waals surface area contributed by atoms with Crippen LogP contribution in [0, 0.1) is 6.92 Å². The molecular formula is C16H26N2O2. The summed E-state index contributed by atoms with van der Waals surface area (Å²) in [6.45, 7) is 9.68. The number of rotatable bonds is 1. The normalized spacial score (nSPS) is 14.8. The third kappa shape index (κ3) is 5.70. The fraction of sp³-hybridized carbons (Fsp3) is 0.625. The van der Waals surface area contributed by atoms with Crippen LogP contribution in [0.25, 0.3) is 0 Å². The lowest BCUT2D eigenvalue weighted by molar-refractivity contribution is -0.118. The van der Waals surface area contributed by atoms with E-state index in [-0.39, 0.29) is 5.60 Å². The van der Waals surface area contributed by atoms with E-state index < -0.39 is 0 Å². The molecule has 0 atom stereocenters. The minimum Gasteiger partial charge on any atom is -0.379 e. The Morgan fingerprint density at radius 2 is 1.85 bits per heavy atom. The summed E-state index contributed by atoms with van der Waals surface area (Å²) >= 11 is 0. The van der Waals surface area contributed by atoms with E-state index in [4.69, 9.17) is 4.74 Å². The molecule has 1 amide bonds. The smallest absolute Gasteiger partial charge is 0.209 e. The molecule has 1 aromatic heterocycles. The number of carbonyl (C=O) groups is 1. The maximum atomic E-state index is 10.6. The Hall–Kier alpha value is -1.42. The number of pyridine rings is 1. The van der Waals surface area contributed by atoms with Gasteiger partial charge in [-0.1, -0.05) is 6.07 Å². The molecule has 4 nitrogen and oxygen atoms in total. The van der Waals surface area contributed by atoms with Crippen LogP contribution < -0.4 is 0 Å². The Morgan fingerprint density at radius 3 is 2.40 bits per heavy atom. The van der Waals surface area contributed by atoms with Gasteiger partial charge in [-0.25, -0.2) is 0 Å². The molecule has 0 fully saturated rings. The Balaban J connectivity index is 0.000000286. The van der Waals surface area contributed by atoms with Gasteiger partial charge < -0.3 is 9.64 Å². The maximum absolute atomic E-state index is 10.6. The second-order valence-corrected chi connectivity index (χ2v) is 6.02.